The second kappa shape index (κ2) is 7.20. The van der Waals surface area contributed by atoms with E-state index in [1.807, 2.05) is 12.1 Å². The molecule has 0 spiro atoms. The molecule has 20 heavy (non-hydrogen) atoms. The van der Waals surface area contributed by atoms with Crippen LogP contribution in [0.4, 0.5) is 4.39 Å². The van der Waals surface area contributed by atoms with Crippen LogP contribution < -0.4 is 5.32 Å². The fourth-order valence-corrected chi connectivity index (χ4v) is 2.39. The molecular weight excluding hydrogens is 249 g/mol. The predicted octanol–water partition coefficient (Wildman–Crippen LogP) is 4.07. The third-order valence-electron chi connectivity index (χ3n) is 3.61. The van der Waals surface area contributed by atoms with Gasteiger partial charge in [-0.2, -0.15) is 0 Å². The van der Waals surface area contributed by atoms with Crippen molar-refractivity contribution < 1.29 is 4.39 Å². The van der Waals surface area contributed by atoms with Crippen molar-refractivity contribution in [3.05, 3.63) is 71.0 Å². The Bertz CT molecular complexity index is 533. The topological polar surface area (TPSA) is 12.0 Å². The maximum Gasteiger partial charge on any atom is 0.126 e. The zero-order valence-electron chi connectivity index (χ0n) is 12.2. The SMILES string of the molecule is CCNCC(Cc1ccccc1F)c1ccc(C)cc1. The molecule has 2 heteroatoms. The summed E-state index contributed by atoms with van der Waals surface area (Å²) in [5.41, 5.74) is 3.30. The molecule has 1 nitrogen and oxygen atoms in total. The molecule has 0 aliphatic carbocycles. The van der Waals surface area contributed by atoms with Crippen LogP contribution >= 0.6 is 0 Å². The summed E-state index contributed by atoms with van der Waals surface area (Å²) < 4.78 is 13.8. The highest BCUT2D eigenvalue weighted by atomic mass is 19.1. The molecule has 2 aromatic rings. The molecule has 106 valence electrons. The van der Waals surface area contributed by atoms with Gasteiger partial charge in [-0.25, -0.2) is 4.39 Å². The van der Waals surface area contributed by atoms with Crippen LogP contribution in [0.5, 0.6) is 0 Å². The van der Waals surface area contributed by atoms with E-state index < -0.39 is 0 Å². The minimum Gasteiger partial charge on any atom is -0.316 e. The fraction of sp³-hybridized carbons (Fsp3) is 0.333. The number of nitrogens with one attached hydrogen (secondary N) is 1. The molecule has 0 fully saturated rings. The van der Waals surface area contributed by atoms with Crippen molar-refractivity contribution in [1.82, 2.24) is 5.32 Å². The highest BCUT2D eigenvalue weighted by molar-refractivity contribution is 5.28. The largest absolute Gasteiger partial charge is 0.316 e. The van der Waals surface area contributed by atoms with Gasteiger partial charge in [0.25, 0.3) is 0 Å². The summed E-state index contributed by atoms with van der Waals surface area (Å²) in [7, 11) is 0. The van der Waals surface area contributed by atoms with Gasteiger partial charge < -0.3 is 5.32 Å². The van der Waals surface area contributed by atoms with Crippen LogP contribution in [0.2, 0.25) is 0 Å². The quantitative estimate of drug-likeness (QED) is 0.835. The van der Waals surface area contributed by atoms with E-state index in [0.717, 1.165) is 25.1 Å². The summed E-state index contributed by atoms with van der Waals surface area (Å²) in [6, 6.07) is 15.6. The smallest absolute Gasteiger partial charge is 0.126 e. The lowest BCUT2D eigenvalue weighted by Crippen LogP contribution is -2.23. The average Bonchev–Trinajstić information content (AvgIpc) is 2.46. The Hall–Kier alpha value is -1.67. The Balaban J connectivity index is 2.19. The third kappa shape index (κ3) is 3.91. The van der Waals surface area contributed by atoms with Crippen LogP contribution in [-0.4, -0.2) is 13.1 Å². The van der Waals surface area contributed by atoms with Crippen LogP contribution in [-0.2, 0) is 6.42 Å². The van der Waals surface area contributed by atoms with Crippen molar-refractivity contribution in [2.75, 3.05) is 13.1 Å². The minimum atomic E-state index is -0.110. The highest BCUT2D eigenvalue weighted by Gasteiger charge is 2.14. The number of likely N-dealkylation sites (N-methyl/N-ethyl adjacent to an activating group) is 1. The first-order chi connectivity index (χ1) is 9.70. The van der Waals surface area contributed by atoms with Crippen LogP contribution in [0.25, 0.3) is 0 Å². The van der Waals surface area contributed by atoms with E-state index in [4.69, 9.17) is 0 Å². The predicted molar refractivity (Wildman–Crippen MR) is 82.6 cm³/mol. The van der Waals surface area contributed by atoms with Gasteiger partial charge in [0.1, 0.15) is 5.82 Å². The van der Waals surface area contributed by atoms with Gasteiger partial charge in [0.05, 0.1) is 0 Å². The minimum absolute atomic E-state index is 0.110. The van der Waals surface area contributed by atoms with Crippen molar-refractivity contribution in [3.63, 3.8) is 0 Å². The molecule has 0 radical (unpaired) electrons. The summed E-state index contributed by atoms with van der Waals surface area (Å²) in [5, 5.41) is 3.38. The van der Waals surface area contributed by atoms with Gasteiger partial charge in [0.2, 0.25) is 0 Å². The van der Waals surface area contributed by atoms with Gasteiger partial charge in [-0.1, -0.05) is 55.0 Å². The summed E-state index contributed by atoms with van der Waals surface area (Å²) >= 11 is 0. The van der Waals surface area contributed by atoms with Gasteiger partial charge in [-0.05, 0) is 37.1 Å². The first-order valence-electron chi connectivity index (χ1n) is 7.21. The lowest BCUT2D eigenvalue weighted by molar-refractivity contribution is 0.562. The molecule has 0 aliphatic heterocycles. The van der Waals surface area contributed by atoms with E-state index in [-0.39, 0.29) is 5.82 Å². The Morgan fingerprint density at radius 2 is 1.75 bits per heavy atom. The van der Waals surface area contributed by atoms with Gasteiger partial charge in [0.15, 0.2) is 0 Å². The zero-order valence-corrected chi connectivity index (χ0v) is 12.2. The van der Waals surface area contributed by atoms with Crippen LogP contribution in [0, 0.1) is 12.7 Å². The van der Waals surface area contributed by atoms with Gasteiger partial charge in [-0.15, -0.1) is 0 Å². The molecule has 1 atom stereocenters. The van der Waals surface area contributed by atoms with Crippen molar-refractivity contribution in [2.24, 2.45) is 0 Å². The fourth-order valence-electron chi connectivity index (χ4n) is 2.39. The molecule has 0 saturated heterocycles. The Kier molecular flexibility index (Phi) is 5.31. The summed E-state index contributed by atoms with van der Waals surface area (Å²) in [4.78, 5) is 0. The van der Waals surface area contributed by atoms with Gasteiger partial charge in [0, 0.05) is 12.5 Å². The number of rotatable bonds is 6. The van der Waals surface area contributed by atoms with E-state index in [0.29, 0.717) is 5.92 Å². The number of benzene rings is 2. The molecule has 0 aromatic heterocycles. The first-order valence-corrected chi connectivity index (χ1v) is 7.21. The molecule has 0 aliphatic rings. The molecular formula is C18H22FN. The summed E-state index contributed by atoms with van der Waals surface area (Å²) in [6.07, 6.45) is 0.725. The van der Waals surface area contributed by atoms with Crippen molar-refractivity contribution in [3.8, 4) is 0 Å². The standard InChI is InChI=1S/C18H22FN/c1-3-20-13-17(15-10-8-14(2)9-11-15)12-16-6-4-5-7-18(16)19/h4-11,17,20H,3,12-13H2,1-2H3. The maximum atomic E-state index is 13.8. The first kappa shape index (κ1) is 14.7. The molecule has 0 saturated carbocycles. The lowest BCUT2D eigenvalue weighted by Gasteiger charge is -2.18. The molecule has 1 N–H and O–H groups in total. The number of aryl methyl sites for hydroxylation is 1. The lowest BCUT2D eigenvalue weighted by atomic mass is 9.91. The summed E-state index contributed by atoms with van der Waals surface area (Å²) in [6.45, 7) is 5.97. The zero-order chi connectivity index (χ0) is 14.4. The molecule has 0 amide bonds. The van der Waals surface area contributed by atoms with E-state index in [2.05, 4.69) is 43.4 Å². The molecule has 0 bridgehead atoms. The van der Waals surface area contributed by atoms with E-state index >= 15 is 0 Å². The Morgan fingerprint density at radius 1 is 1.05 bits per heavy atom. The maximum absolute atomic E-state index is 13.8. The second-order valence-corrected chi connectivity index (χ2v) is 5.21. The number of hydrogen-bond donors (Lipinski definition) is 1. The molecule has 2 aromatic carbocycles. The highest BCUT2D eigenvalue weighted by Crippen LogP contribution is 2.22. The average molecular weight is 271 g/mol. The summed E-state index contributed by atoms with van der Waals surface area (Å²) in [5.74, 6) is 0.188. The second-order valence-electron chi connectivity index (χ2n) is 5.21. The number of hydrogen-bond acceptors (Lipinski definition) is 1. The van der Waals surface area contributed by atoms with Crippen molar-refractivity contribution in [2.45, 2.75) is 26.2 Å². The van der Waals surface area contributed by atoms with E-state index in [1.165, 1.54) is 17.2 Å². The van der Waals surface area contributed by atoms with E-state index in [1.54, 1.807) is 6.07 Å². The van der Waals surface area contributed by atoms with Crippen molar-refractivity contribution >= 4 is 0 Å². The van der Waals surface area contributed by atoms with Gasteiger partial charge in [-0.3, -0.25) is 0 Å². The molecule has 1 unspecified atom stereocenters. The van der Waals surface area contributed by atoms with Crippen LogP contribution in [0.3, 0.4) is 0 Å². The van der Waals surface area contributed by atoms with Crippen LogP contribution in [0.15, 0.2) is 48.5 Å². The third-order valence-corrected chi connectivity index (χ3v) is 3.61. The number of halogens is 1. The van der Waals surface area contributed by atoms with E-state index in [9.17, 15) is 4.39 Å². The molecule has 2 rings (SSSR count). The van der Waals surface area contributed by atoms with Crippen LogP contribution in [0.1, 0.15) is 29.5 Å². The Labute approximate surface area is 120 Å². The van der Waals surface area contributed by atoms with Crippen molar-refractivity contribution in [1.29, 1.82) is 0 Å². The Morgan fingerprint density at radius 3 is 2.40 bits per heavy atom. The monoisotopic (exact) mass is 271 g/mol. The van der Waals surface area contributed by atoms with Gasteiger partial charge >= 0.3 is 0 Å². The normalized spacial score (nSPS) is 12.3. The molecule has 0 heterocycles.